The van der Waals surface area contributed by atoms with Gasteiger partial charge < -0.3 is 10.8 Å². The number of nitrogens with zero attached hydrogens (tertiary/aromatic N) is 2. The molecule has 1 heterocycles. The van der Waals surface area contributed by atoms with E-state index in [2.05, 4.69) is 9.36 Å². The molecule has 8 heavy (non-hydrogen) atoms. The van der Waals surface area contributed by atoms with E-state index in [4.69, 9.17) is 10.8 Å². The third kappa shape index (κ3) is 0.932. The molecular weight excluding hydrogens is 126 g/mol. The van der Waals surface area contributed by atoms with Crippen molar-refractivity contribution >= 4 is 17.5 Å². The van der Waals surface area contributed by atoms with Gasteiger partial charge in [-0.05, 0) is 11.5 Å². The van der Waals surface area contributed by atoms with Gasteiger partial charge in [0.25, 0.3) is 0 Å². The van der Waals surface area contributed by atoms with Gasteiger partial charge in [-0.2, -0.15) is 4.37 Å². The molecule has 1 aromatic heterocycles. The predicted octanol–water partition coefficient (Wildman–Crippen LogP) is -0.387. The summed E-state index contributed by atoms with van der Waals surface area (Å²) in [6.45, 7) is -0.0745. The zero-order chi connectivity index (χ0) is 5.98. The van der Waals surface area contributed by atoms with Gasteiger partial charge in [-0.3, -0.25) is 0 Å². The molecule has 1 rings (SSSR count). The Kier molecular flexibility index (Phi) is 1.40. The second kappa shape index (κ2) is 2.06. The summed E-state index contributed by atoms with van der Waals surface area (Å²) >= 11 is 1.11. The van der Waals surface area contributed by atoms with Crippen molar-refractivity contribution in [1.82, 2.24) is 9.36 Å². The zero-order valence-electron chi connectivity index (χ0n) is 4.03. The van der Waals surface area contributed by atoms with Crippen LogP contribution < -0.4 is 5.73 Å². The van der Waals surface area contributed by atoms with Crippen LogP contribution in [0.4, 0.5) is 5.95 Å². The van der Waals surface area contributed by atoms with E-state index in [-0.39, 0.29) is 12.6 Å². The molecule has 4 nitrogen and oxygen atoms in total. The molecule has 0 radical (unpaired) electrons. The monoisotopic (exact) mass is 131 g/mol. The van der Waals surface area contributed by atoms with Crippen LogP contribution in [0.3, 0.4) is 0 Å². The first-order valence-corrected chi connectivity index (χ1v) is 2.79. The van der Waals surface area contributed by atoms with Crippen molar-refractivity contribution in [2.45, 2.75) is 6.61 Å². The molecule has 0 saturated carbocycles. The molecule has 5 heteroatoms. The molecule has 0 atom stereocenters. The number of nitrogen functional groups attached to an aromatic ring is 1. The maximum Gasteiger partial charge on any atom is 0.232 e. The Balaban J connectivity index is 2.84. The second-order valence-corrected chi connectivity index (χ2v) is 2.04. The standard InChI is InChI=1S/C3H5N3OS/c4-3-5-2(1-7)8-6-3/h7H,1H2,(H2,4,6). The summed E-state index contributed by atoms with van der Waals surface area (Å²) in [5, 5.41) is 8.96. The Morgan fingerprint density at radius 2 is 2.50 bits per heavy atom. The van der Waals surface area contributed by atoms with Gasteiger partial charge in [0.05, 0.1) is 6.61 Å². The molecule has 0 saturated heterocycles. The molecule has 0 aliphatic heterocycles. The fraction of sp³-hybridized carbons (Fsp3) is 0.333. The predicted molar refractivity (Wildman–Crippen MR) is 30.2 cm³/mol. The zero-order valence-corrected chi connectivity index (χ0v) is 4.85. The van der Waals surface area contributed by atoms with E-state index in [0.717, 1.165) is 11.5 Å². The van der Waals surface area contributed by atoms with Gasteiger partial charge >= 0.3 is 0 Å². The van der Waals surface area contributed by atoms with Crippen LogP contribution >= 0.6 is 11.5 Å². The van der Waals surface area contributed by atoms with E-state index < -0.39 is 0 Å². The van der Waals surface area contributed by atoms with Crippen LogP contribution in [0.5, 0.6) is 0 Å². The first-order valence-electron chi connectivity index (χ1n) is 2.02. The number of hydrogen-bond acceptors (Lipinski definition) is 5. The summed E-state index contributed by atoms with van der Waals surface area (Å²) in [5.74, 6) is 0.235. The van der Waals surface area contributed by atoms with Crippen molar-refractivity contribution in [3.05, 3.63) is 5.01 Å². The summed E-state index contributed by atoms with van der Waals surface area (Å²) in [7, 11) is 0. The van der Waals surface area contributed by atoms with Crippen LogP contribution in [0.1, 0.15) is 5.01 Å². The normalized spacial score (nSPS) is 9.62. The maximum absolute atomic E-state index is 8.40. The van der Waals surface area contributed by atoms with Crippen molar-refractivity contribution in [2.24, 2.45) is 0 Å². The van der Waals surface area contributed by atoms with Gasteiger partial charge in [0.15, 0.2) is 0 Å². The first-order chi connectivity index (χ1) is 3.83. The molecule has 1 aromatic rings. The number of rotatable bonds is 1. The second-order valence-electron chi connectivity index (χ2n) is 1.20. The van der Waals surface area contributed by atoms with Gasteiger partial charge in [0, 0.05) is 0 Å². The van der Waals surface area contributed by atoms with E-state index in [9.17, 15) is 0 Å². The molecule has 0 bridgehead atoms. The summed E-state index contributed by atoms with van der Waals surface area (Å²) in [4.78, 5) is 3.66. The maximum atomic E-state index is 8.40. The van der Waals surface area contributed by atoms with E-state index >= 15 is 0 Å². The van der Waals surface area contributed by atoms with E-state index in [1.54, 1.807) is 0 Å². The van der Waals surface area contributed by atoms with Crippen LogP contribution in [-0.2, 0) is 6.61 Å². The number of aliphatic hydroxyl groups excluding tert-OH is 1. The molecule has 0 aliphatic carbocycles. The van der Waals surface area contributed by atoms with Crippen LogP contribution in [0, 0.1) is 0 Å². The molecule has 0 spiro atoms. The third-order valence-electron chi connectivity index (χ3n) is 0.619. The lowest BCUT2D eigenvalue weighted by Gasteiger charge is -1.76. The van der Waals surface area contributed by atoms with Crippen LogP contribution in [-0.4, -0.2) is 14.5 Å². The van der Waals surface area contributed by atoms with Crippen molar-refractivity contribution in [1.29, 1.82) is 0 Å². The smallest absolute Gasteiger partial charge is 0.232 e. The van der Waals surface area contributed by atoms with E-state index in [1.807, 2.05) is 0 Å². The Labute approximate surface area is 50.2 Å². The van der Waals surface area contributed by atoms with Gasteiger partial charge in [0.2, 0.25) is 5.95 Å². The lowest BCUT2D eigenvalue weighted by molar-refractivity contribution is 0.281. The third-order valence-corrected chi connectivity index (χ3v) is 1.33. The van der Waals surface area contributed by atoms with Crippen LogP contribution in [0.15, 0.2) is 0 Å². The average Bonchev–Trinajstić information content (AvgIpc) is 2.14. The summed E-state index contributed by atoms with van der Waals surface area (Å²) < 4.78 is 3.64. The van der Waals surface area contributed by atoms with Gasteiger partial charge in [-0.15, -0.1) is 0 Å². The Morgan fingerprint density at radius 3 is 2.75 bits per heavy atom. The summed E-state index contributed by atoms with van der Waals surface area (Å²) in [5.41, 5.74) is 5.13. The minimum atomic E-state index is -0.0745. The Morgan fingerprint density at radius 1 is 1.75 bits per heavy atom. The minimum Gasteiger partial charge on any atom is -0.389 e. The highest BCUT2D eigenvalue weighted by Crippen LogP contribution is 2.03. The Bertz CT molecular complexity index is 175. The van der Waals surface area contributed by atoms with Crippen LogP contribution in [0.2, 0.25) is 0 Å². The lowest BCUT2D eigenvalue weighted by atomic mass is 10.8. The summed E-state index contributed by atoms with van der Waals surface area (Å²) in [6, 6.07) is 0. The number of anilines is 1. The van der Waals surface area contributed by atoms with Crippen molar-refractivity contribution in [2.75, 3.05) is 5.73 Å². The highest BCUT2D eigenvalue weighted by atomic mass is 32.1. The fourth-order valence-corrected chi connectivity index (χ4v) is 0.764. The van der Waals surface area contributed by atoms with Crippen LogP contribution in [0.25, 0.3) is 0 Å². The van der Waals surface area contributed by atoms with E-state index in [1.165, 1.54) is 0 Å². The fourth-order valence-electron chi connectivity index (χ4n) is 0.332. The molecule has 0 aliphatic rings. The average molecular weight is 131 g/mol. The van der Waals surface area contributed by atoms with Gasteiger partial charge in [-0.25, -0.2) is 4.98 Å². The summed E-state index contributed by atoms with van der Waals surface area (Å²) in [6.07, 6.45) is 0. The largest absolute Gasteiger partial charge is 0.389 e. The topological polar surface area (TPSA) is 72.0 Å². The number of hydrogen-bond donors (Lipinski definition) is 2. The molecule has 0 fully saturated rings. The molecule has 0 unspecified atom stereocenters. The van der Waals surface area contributed by atoms with E-state index in [0.29, 0.717) is 5.01 Å². The molecular formula is C3H5N3OS. The SMILES string of the molecule is Nc1nsc(CO)n1. The van der Waals surface area contributed by atoms with Crippen molar-refractivity contribution in [3.63, 3.8) is 0 Å². The first kappa shape index (κ1) is 5.46. The molecule has 44 valence electrons. The lowest BCUT2D eigenvalue weighted by Crippen LogP contribution is -1.86. The highest BCUT2D eigenvalue weighted by molar-refractivity contribution is 7.05. The number of aliphatic hydroxyl groups is 1. The Hall–Kier alpha value is -0.680. The van der Waals surface area contributed by atoms with Gasteiger partial charge in [-0.1, -0.05) is 0 Å². The number of nitrogens with two attached hydrogens (primary N) is 1. The molecule has 0 amide bonds. The molecule has 3 N–H and O–H groups in total. The highest BCUT2D eigenvalue weighted by Gasteiger charge is 1.95. The van der Waals surface area contributed by atoms with Crippen molar-refractivity contribution < 1.29 is 5.11 Å². The number of aromatic nitrogens is 2. The molecule has 0 aromatic carbocycles. The van der Waals surface area contributed by atoms with Crippen molar-refractivity contribution in [3.8, 4) is 0 Å². The quantitative estimate of drug-likeness (QED) is 0.544. The van der Waals surface area contributed by atoms with Gasteiger partial charge in [0.1, 0.15) is 5.01 Å². The minimum absolute atomic E-state index is 0.0745.